The predicted octanol–water partition coefficient (Wildman–Crippen LogP) is 3.73. The lowest BCUT2D eigenvalue weighted by molar-refractivity contribution is 0.0988. The zero-order chi connectivity index (χ0) is 21.3. The molecule has 30 heavy (non-hydrogen) atoms. The molecule has 2 heterocycles. The van der Waals surface area contributed by atoms with E-state index in [2.05, 4.69) is 20.9 Å². The molecule has 1 fully saturated rings. The van der Waals surface area contributed by atoms with Gasteiger partial charge in [-0.2, -0.15) is 9.78 Å². The number of benzene rings is 1. The standard InChI is InChI=1S/C21H23N5O4/c1-3-12(2)23-21(29)26-17(13-4-5-13)11-16(25-26)15-10-14(6-7-18(15)27)24-20(28)19-8-9-22-30-19/h6-13,27H,3-5H2,1-2H3,(H,23,29)(H,24,28). The van der Waals surface area contributed by atoms with Gasteiger partial charge in [-0.1, -0.05) is 12.1 Å². The molecule has 2 amide bonds. The lowest BCUT2D eigenvalue weighted by Crippen LogP contribution is -2.36. The maximum atomic E-state index is 12.7. The zero-order valence-electron chi connectivity index (χ0n) is 16.8. The number of aromatic hydroxyl groups is 1. The summed E-state index contributed by atoms with van der Waals surface area (Å²) in [7, 11) is 0. The number of carbonyl (C=O) groups excluding carboxylic acids is 2. The molecule has 0 aliphatic heterocycles. The lowest BCUT2D eigenvalue weighted by Gasteiger charge is -2.12. The van der Waals surface area contributed by atoms with Gasteiger partial charge in [0.25, 0.3) is 5.91 Å². The van der Waals surface area contributed by atoms with E-state index in [9.17, 15) is 14.7 Å². The Morgan fingerprint density at radius 3 is 2.77 bits per heavy atom. The maximum absolute atomic E-state index is 12.7. The number of rotatable bonds is 6. The van der Waals surface area contributed by atoms with Gasteiger partial charge >= 0.3 is 6.03 Å². The first kappa shape index (κ1) is 19.7. The summed E-state index contributed by atoms with van der Waals surface area (Å²) < 4.78 is 6.24. The number of carbonyl (C=O) groups is 2. The zero-order valence-corrected chi connectivity index (χ0v) is 16.8. The normalized spacial score (nSPS) is 14.3. The van der Waals surface area contributed by atoms with Gasteiger partial charge in [-0.3, -0.25) is 4.79 Å². The van der Waals surface area contributed by atoms with Crippen molar-refractivity contribution in [3.63, 3.8) is 0 Å². The number of aromatic nitrogens is 3. The van der Waals surface area contributed by atoms with Gasteiger partial charge in [-0.05, 0) is 50.5 Å². The number of amides is 2. The second kappa shape index (κ2) is 8.02. The van der Waals surface area contributed by atoms with Crippen molar-refractivity contribution in [2.75, 3.05) is 5.32 Å². The van der Waals surface area contributed by atoms with E-state index in [0.29, 0.717) is 16.9 Å². The molecule has 1 aliphatic carbocycles. The van der Waals surface area contributed by atoms with Crippen molar-refractivity contribution in [1.29, 1.82) is 0 Å². The summed E-state index contributed by atoms with van der Waals surface area (Å²) in [6.45, 7) is 3.93. The van der Waals surface area contributed by atoms with Crippen LogP contribution in [-0.2, 0) is 0 Å². The van der Waals surface area contributed by atoms with Crippen LogP contribution in [0.15, 0.2) is 41.1 Å². The van der Waals surface area contributed by atoms with Crippen LogP contribution in [0.1, 0.15) is 55.3 Å². The van der Waals surface area contributed by atoms with Crippen LogP contribution in [0.25, 0.3) is 11.3 Å². The van der Waals surface area contributed by atoms with Gasteiger partial charge in [0.15, 0.2) is 0 Å². The average molecular weight is 409 g/mol. The molecule has 3 N–H and O–H groups in total. The molecule has 0 radical (unpaired) electrons. The highest BCUT2D eigenvalue weighted by Gasteiger charge is 2.31. The molecule has 0 spiro atoms. The van der Waals surface area contributed by atoms with E-state index in [4.69, 9.17) is 4.52 Å². The van der Waals surface area contributed by atoms with E-state index in [1.165, 1.54) is 23.0 Å². The molecule has 1 aliphatic rings. The van der Waals surface area contributed by atoms with Gasteiger partial charge in [0, 0.05) is 29.3 Å². The van der Waals surface area contributed by atoms with Crippen LogP contribution in [-0.4, -0.2) is 38.0 Å². The van der Waals surface area contributed by atoms with Gasteiger partial charge in [0.05, 0.1) is 17.6 Å². The van der Waals surface area contributed by atoms with E-state index in [0.717, 1.165) is 25.0 Å². The van der Waals surface area contributed by atoms with Crippen molar-refractivity contribution in [2.24, 2.45) is 0 Å². The largest absolute Gasteiger partial charge is 0.507 e. The summed E-state index contributed by atoms with van der Waals surface area (Å²) in [4.78, 5) is 24.9. The topological polar surface area (TPSA) is 122 Å². The third-order valence-corrected chi connectivity index (χ3v) is 5.10. The minimum atomic E-state index is -0.457. The monoisotopic (exact) mass is 409 g/mol. The Labute approximate surface area is 173 Å². The Bertz CT molecular complexity index is 1070. The van der Waals surface area contributed by atoms with Crippen LogP contribution in [0.3, 0.4) is 0 Å². The number of nitrogens with zero attached hydrogens (tertiary/aromatic N) is 3. The van der Waals surface area contributed by atoms with E-state index in [-0.39, 0.29) is 29.5 Å². The summed E-state index contributed by atoms with van der Waals surface area (Å²) in [5.41, 5.74) is 2.16. The molecule has 9 heteroatoms. The quantitative estimate of drug-likeness (QED) is 0.533. The van der Waals surface area contributed by atoms with E-state index < -0.39 is 5.91 Å². The first-order chi connectivity index (χ1) is 14.5. The number of anilines is 1. The van der Waals surface area contributed by atoms with Crippen molar-refractivity contribution in [1.82, 2.24) is 20.3 Å². The second-order valence-corrected chi connectivity index (χ2v) is 7.46. The number of phenols is 1. The fraction of sp³-hybridized carbons (Fsp3) is 0.333. The van der Waals surface area contributed by atoms with Crippen LogP contribution in [0.2, 0.25) is 0 Å². The van der Waals surface area contributed by atoms with Crippen LogP contribution in [0.4, 0.5) is 10.5 Å². The third-order valence-electron chi connectivity index (χ3n) is 5.10. The molecule has 0 saturated heterocycles. The number of hydrogen-bond donors (Lipinski definition) is 3. The van der Waals surface area contributed by atoms with Crippen LogP contribution in [0, 0.1) is 0 Å². The van der Waals surface area contributed by atoms with Crippen molar-refractivity contribution in [2.45, 2.75) is 45.1 Å². The molecule has 1 saturated carbocycles. The minimum Gasteiger partial charge on any atom is -0.507 e. The summed E-state index contributed by atoms with van der Waals surface area (Å²) in [6, 6.07) is 7.68. The SMILES string of the molecule is CCC(C)NC(=O)n1nc(-c2cc(NC(=O)c3ccno3)ccc2O)cc1C1CC1. The molecule has 9 nitrogen and oxygen atoms in total. The second-order valence-electron chi connectivity index (χ2n) is 7.46. The number of phenolic OH excluding ortho intramolecular Hbond substituents is 1. The van der Waals surface area contributed by atoms with Crippen molar-refractivity contribution < 1.29 is 19.2 Å². The van der Waals surface area contributed by atoms with Crippen LogP contribution < -0.4 is 10.6 Å². The summed E-state index contributed by atoms with van der Waals surface area (Å²) in [5.74, 6) is -0.0969. The van der Waals surface area contributed by atoms with Crippen LogP contribution >= 0.6 is 0 Å². The van der Waals surface area contributed by atoms with E-state index in [1.807, 2.05) is 19.9 Å². The molecular weight excluding hydrogens is 386 g/mol. The molecule has 1 unspecified atom stereocenters. The first-order valence-electron chi connectivity index (χ1n) is 9.92. The summed E-state index contributed by atoms with van der Waals surface area (Å²) in [6.07, 6.45) is 4.20. The lowest BCUT2D eigenvalue weighted by atomic mass is 10.1. The summed E-state index contributed by atoms with van der Waals surface area (Å²) in [5, 5.41) is 24.0. The van der Waals surface area contributed by atoms with Crippen molar-refractivity contribution in [3.05, 3.63) is 48.0 Å². The molecule has 3 aromatic rings. The molecule has 2 aromatic heterocycles. The molecule has 156 valence electrons. The minimum absolute atomic E-state index is 0.00185. The smallest absolute Gasteiger partial charge is 0.342 e. The Balaban J connectivity index is 1.64. The molecule has 4 rings (SSSR count). The Kier molecular flexibility index (Phi) is 5.26. The number of nitrogens with one attached hydrogen (secondary N) is 2. The van der Waals surface area contributed by atoms with Gasteiger partial charge in [-0.25, -0.2) is 4.79 Å². The Morgan fingerprint density at radius 2 is 2.10 bits per heavy atom. The molecule has 0 bridgehead atoms. The van der Waals surface area contributed by atoms with E-state index >= 15 is 0 Å². The maximum Gasteiger partial charge on any atom is 0.342 e. The van der Waals surface area contributed by atoms with Crippen molar-refractivity contribution >= 4 is 17.6 Å². The highest BCUT2D eigenvalue weighted by Crippen LogP contribution is 2.42. The van der Waals surface area contributed by atoms with Gasteiger partial charge < -0.3 is 20.3 Å². The van der Waals surface area contributed by atoms with Gasteiger partial charge in [0.1, 0.15) is 5.75 Å². The first-order valence-corrected chi connectivity index (χ1v) is 9.92. The Morgan fingerprint density at radius 1 is 1.30 bits per heavy atom. The average Bonchev–Trinajstić information content (AvgIpc) is 3.25. The highest BCUT2D eigenvalue weighted by atomic mass is 16.5. The molecular formula is C21H23N5O4. The van der Waals surface area contributed by atoms with E-state index in [1.54, 1.807) is 12.1 Å². The molecule has 1 aromatic carbocycles. The molecule has 1 atom stereocenters. The predicted molar refractivity (Wildman–Crippen MR) is 109 cm³/mol. The highest BCUT2D eigenvalue weighted by molar-refractivity contribution is 6.02. The Hall–Kier alpha value is -3.62. The summed E-state index contributed by atoms with van der Waals surface area (Å²) >= 11 is 0. The fourth-order valence-electron chi connectivity index (χ4n) is 3.08. The van der Waals surface area contributed by atoms with Crippen LogP contribution in [0.5, 0.6) is 5.75 Å². The third kappa shape index (κ3) is 4.05. The van der Waals surface area contributed by atoms with Gasteiger partial charge in [-0.15, -0.1) is 0 Å². The van der Waals surface area contributed by atoms with Crippen molar-refractivity contribution in [3.8, 4) is 17.0 Å². The van der Waals surface area contributed by atoms with Gasteiger partial charge in [0.2, 0.25) is 5.76 Å². The fourth-order valence-corrected chi connectivity index (χ4v) is 3.08. The number of hydrogen-bond acceptors (Lipinski definition) is 6.